The van der Waals surface area contributed by atoms with E-state index in [1.807, 2.05) is 25.2 Å². The Bertz CT molecular complexity index is 945. The number of methoxy groups -OCH3 is 1. The van der Waals surface area contributed by atoms with E-state index in [1.54, 1.807) is 18.1 Å². The number of nitrogens with zero attached hydrogens (tertiary/aromatic N) is 2. The highest BCUT2D eigenvalue weighted by Crippen LogP contribution is 2.35. The fraction of sp³-hybridized carbons (Fsp3) is 0.458. The molecule has 0 aliphatic carbocycles. The molecule has 2 saturated heterocycles. The second-order valence-electron chi connectivity index (χ2n) is 8.50. The smallest absolute Gasteiger partial charge is 0.222 e. The van der Waals surface area contributed by atoms with Gasteiger partial charge in [-0.15, -0.1) is 0 Å². The molecule has 2 heterocycles. The molecule has 0 radical (unpaired) electrons. The van der Waals surface area contributed by atoms with Gasteiger partial charge in [0.2, 0.25) is 5.91 Å². The number of amides is 1. The summed E-state index contributed by atoms with van der Waals surface area (Å²) in [6.45, 7) is 3.13. The van der Waals surface area contributed by atoms with E-state index in [0.717, 1.165) is 23.3 Å². The number of hydrogen-bond acceptors (Lipinski definition) is 5. The Morgan fingerprint density at radius 1 is 1.13 bits per heavy atom. The Balaban J connectivity index is 1.56. The highest BCUT2D eigenvalue weighted by atomic mass is 19.1. The fourth-order valence-electron chi connectivity index (χ4n) is 4.27. The van der Waals surface area contributed by atoms with Crippen LogP contribution in [0.4, 0.5) is 4.39 Å². The first-order chi connectivity index (χ1) is 14.9. The monoisotopic (exact) mass is 428 g/mol. The van der Waals surface area contributed by atoms with Crippen LogP contribution in [0.25, 0.3) is 11.1 Å². The summed E-state index contributed by atoms with van der Waals surface area (Å²) in [7, 11) is 3.40. The van der Waals surface area contributed by atoms with E-state index in [-0.39, 0.29) is 17.8 Å². The standard InChI is InChI=1S/C24H29FN2O4/c1-26-11-16(3-8-24(26)29)15-31-22-6-4-17(9-18(22)12-27-13-20(28)14-27)21-10-19(25)5-7-23(21)30-2/h4-7,9-10,16,20,28H,3,8,11-15H2,1-2H3. The van der Waals surface area contributed by atoms with Gasteiger partial charge in [0.25, 0.3) is 0 Å². The van der Waals surface area contributed by atoms with Crippen LogP contribution >= 0.6 is 0 Å². The highest BCUT2D eigenvalue weighted by molar-refractivity contribution is 5.76. The summed E-state index contributed by atoms with van der Waals surface area (Å²) in [4.78, 5) is 15.6. The van der Waals surface area contributed by atoms with Crippen LogP contribution in [0.15, 0.2) is 36.4 Å². The Hall–Kier alpha value is -2.64. The van der Waals surface area contributed by atoms with Crippen LogP contribution in [-0.2, 0) is 11.3 Å². The number of piperidine rings is 1. The van der Waals surface area contributed by atoms with Crippen molar-refractivity contribution in [2.24, 2.45) is 5.92 Å². The first-order valence-corrected chi connectivity index (χ1v) is 10.7. The molecular formula is C24H29FN2O4. The molecule has 0 bridgehead atoms. The zero-order chi connectivity index (χ0) is 22.0. The van der Waals surface area contributed by atoms with Gasteiger partial charge in [0.15, 0.2) is 0 Å². The molecule has 0 saturated carbocycles. The lowest BCUT2D eigenvalue weighted by Gasteiger charge is -2.36. The third-order valence-corrected chi connectivity index (χ3v) is 6.06. The van der Waals surface area contributed by atoms with Gasteiger partial charge >= 0.3 is 0 Å². The van der Waals surface area contributed by atoms with Gasteiger partial charge in [-0.1, -0.05) is 6.07 Å². The number of aliphatic hydroxyl groups excluding tert-OH is 1. The van der Waals surface area contributed by atoms with Crippen molar-refractivity contribution >= 4 is 5.91 Å². The summed E-state index contributed by atoms with van der Waals surface area (Å²) < 4.78 is 25.5. The quantitative estimate of drug-likeness (QED) is 0.735. The lowest BCUT2D eigenvalue weighted by atomic mass is 9.98. The molecule has 1 N–H and O–H groups in total. The van der Waals surface area contributed by atoms with Crippen molar-refractivity contribution in [3.05, 3.63) is 47.8 Å². The summed E-state index contributed by atoms with van der Waals surface area (Å²) in [6.07, 6.45) is 1.10. The summed E-state index contributed by atoms with van der Waals surface area (Å²) >= 11 is 0. The highest BCUT2D eigenvalue weighted by Gasteiger charge is 2.26. The number of carbonyl (C=O) groups excluding carboxylic acids is 1. The molecule has 2 fully saturated rings. The SMILES string of the molecule is COc1ccc(F)cc1-c1ccc(OCC2CCC(=O)N(C)C2)c(CN2CC(O)C2)c1. The Labute approximate surface area is 182 Å². The minimum atomic E-state index is -0.320. The molecule has 1 amide bonds. The van der Waals surface area contributed by atoms with E-state index in [0.29, 0.717) is 56.4 Å². The van der Waals surface area contributed by atoms with E-state index >= 15 is 0 Å². The van der Waals surface area contributed by atoms with E-state index in [1.165, 1.54) is 12.1 Å². The summed E-state index contributed by atoms with van der Waals surface area (Å²) in [5, 5.41) is 9.65. The average molecular weight is 429 g/mol. The van der Waals surface area contributed by atoms with E-state index in [9.17, 15) is 14.3 Å². The molecule has 166 valence electrons. The van der Waals surface area contributed by atoms with Crippen LogP contribution < -0.4 is 9.47 Å². The number of hydrogen-bond donors (Lipinski definition) is 1. The van der Waals surface area contributed by atoms with Crippen LogP contribution in [0.2, 0.25) is 0 Å². The van der Waals surface area contributed by atoms with Crippen LogP contribution in [0, 0.1) is 11.7 Å². The predicted molar refractivity (Wildman–Crippen MR) is 116 cm³/mol. The first-order valence-electron chi connectivity index (χ1n) is 10.7. The molecule has 0 aromatic heterocycles. The number of β-amino-alcohol motifs (C(OH)–C–C–N with tert-alkyl or cyclic N) is 1. The van der Waals surface area contributed by atoms with Gasteiger partial charge in [-0.3, -0.25) is 9.69 Å². The number of halogens is 1. The zero-order valence-electron chi connectivity index (χ0n) is 18.0. The van der Waals surface area contributed by atoms with Gasteiger partial charge in [0.1, 0.15) is 17.3 Å². The first kappa shape index (κ1) is 21.6. The molecule has 7 heteroatoms. The number of rotatable bonds is 7. The topological polar surface area (TPSA) is 62.2 Å². The number of benzene rings is 2. The molecule has 6 nitrogen and oxygen atoms in total. The number of carbonyl (C=O) groups is 1. The largest absolute Gasteiger partial charge is 0.496 e. The minimum Gasteiger partial charge on any atom is -0.496 e. The minimum absolute atomic E-state index is 0.182. The summed E-state index contributed by atoms with van der Waals surface area (Å²) in [5.41, 5.74) is 2.52. The number of aliphatic hydroxyl groups is 1. The second-order valence-corrected chi connectivity index (χ2v) is 8.50. The van der Waals surface area contributed by atoms with Crippen molar-refractivity contribution in [1.29, 1.82) is 0 Å². The molecule has 2 aromatic rings. The van der Waals surface area contributed by atoms with Gasteiger partial charge in [-0.25, -0.2) is 4.39 Å². The van der Waals surface area contributed by atoms with Gasteiger partial charge in [0, 0.05) is 56.7 Å². The summed E-state index contributed by atoms with van der Waals surface area (Å²) in [5.74, 6) is 1.54. The molecule has 2 aliphatic rings. The van der Waals surface area contributed by atoms with Crippen LogP contribution in [-0.4, -0.2) is 67.3 Å². The average Bonchev–Trinajstić information content (AvgIpc) is 2.74. The van der Waals surface area contributed by atoms with Crippen molar-refractivity contribution < 1.29 is 23.8 Å². The van der Waals surface area contributed by atoms with Crippen LogP contribution in [0.1, 0.15) is 18.4 Å². The van der Waals surface area contributed by atoms with Crippen molar-refractivity contribution in [3.8, 4) is 22.6 Å². The molecule has 1 atom stereocenters. The van der Waals surface area contributed by atoms with E-state index in [4.69, 9.17) is 9.47 Å². The third-order valence-electron chi connectivity index (χ3n) is 6.06. The molecule has 1 unspecified atom stereocenters. The lowest BCUT2D eigenvalue weighted by Crippen LogP contribution is -2.49. The van der Waals surface area contributed by atoms with E-state index in [2.05, 4.69) is 4.90 Å². The predicted octanol–water partition coefficient (Wildman–Crippen LogP) is 2.93. The number of ether oxygens (including phenoxy) is 2. The third kappa shape index (κ3) is 4.99. The second kappa shape index (κ2) is 9.24. The molecule has 2 aliphatic heterocycles. The maximum atomic E-state index is 13.9. The van der Waals surface area contributed by atoms with Gasteiger partial charge < -0.3 is 19.5 Å². The van der Waals surface area contributed by atoms with Crippen LogP contribution in [0.5, 0.6) is 11.5 Å². The molecule has 2 aromatic carbocycles. The van der Waals surface area contributed by atoms with Crippen molar-refractivity contribution in [2.45, 2.75) is 25.5 Å². The normalized spacial score (nSPS) is 19.9. The molecule has 0 spiro atoms. The van der Waals surface area contributed by atoms with E-state index < -0.39 is 0 Å². The molecular weight excluding hydrogens is 399 g/mol. The van der Waals surface area contributed by atoms with Crippen LogP contribution in [0.3, 0.4) is 0 Å². The number of likely N-dealkylation sites (tertiary alicyclic amines) is 2. The lowest BCUT2D eigenvalue weighted by molar-refractivity contribution is -0.133. The van der Waals surface area contributed by atoms with Gasteiger partial charge in [0.05, 0.1) is 19.8 Å². The Morgan fingerprint density at radius 3 is 2.61 bits per heavy atom. The maximum absolute atomic E-state index is 13.9. The zero-order valence-corrected chi connectivity index (χ0v) is 18.0. The fourth-order valence-corrected chi connectivity index (χ4v) is 4.27. The summed E-state index contributed by atoms with van der Waals surface area (Å²) in [6, 6.07) is 10.3. The molecule has 4 rings (SSSR count). The van der Waals surface area contributed by atoms with Gasteiger partial charge in [-0.05, 0) is 42.3 Å². The van der Waals surface area contributed by atoms with Crippen molar-refractivity contribution in [2.75, 3.05) is 40.4 Å². The Morgan fingerprint density at radius 2 is 1.90 bits per heavy atom. The molecule has 31 heavy (non-hydrogen) atoms. The Kier molecular flexibility index (Phi) is 6.43. The van der Waals surface area contributed by atoms with Crippen molar-refractivity contribution in [3.63, 3.8) is 0 Å². The van der Waals surface area contributed by atoms with Crippen molar-refractivity contribution in [1.82, 2.24) is 9.80 Å². The maximum Gasteiger partial charge on any atom is 0.222 e. The van der Waals surface area contributed by atoms with Gasteiger partial charge in [-0.2, -0.15) is 0 Å².